The molecular formula is C16H18N2O2. The van der Waals surface area contributed by atoms with Gasteiger partial charge in [-0.05, 0) is 17.9 Å². The second-order valence-corrected chi connectivity index (χ2v) is 5.10. The Morgan fingerprint density at radius 2 is 1.85 bits per heavy atom. The molecule has 104 valence electrons. The van der Waals surface area contributed by atoms with Gasteiger partial charge in [-0.3, -0.25) is 9.59 Å². The molecule has 20 heavy (non-hydrogen) atoms. The first-order chi connectivity index (χ1) is 9.47. The van der Waals surface area contributed by atoms with Gasteiger partial charge in [0.1, 0.15) is 0 Å². The third-order valence-electron chi connectivity index (χ3n) is 4.04. The van der Waals surface area contributed by atoms with Crippen molar-refractivity contribution in [3.63, 3.8) is 0 Å². The highest BCUT2D eigenvalue weighted by atomic mass is 16.1. The Labute approximate surface area is 118 Å². The van der Waals surface area contributed by atoms with Crippen molar-refractivity contribution in [3.05, 3.63) is 59.7 Å². The van der Waals surface area contributed by atoms with Gasteiger partial charge in [-0.15, -0.1) is 0 Å². The molecular weight excluding hydrogens is 252 g/mol. The molecule has 0 saturated carbocycles. The lowest BCUT2D eigenvalue weighted by atomic mass is 9.68. The van der Waals surface area contributed by atoms with E-state index in [9.17, 15) is 9.59 Å². The van der Waals surface area contributed by atoms with Crippen LogP contribution in [0.3, 0.4) is 0 Å². The average molecular weight is 270 g/mol. The van der Waals surface area contributed by atoms with Crippen molar-refractivity contribution in [1.29, 1.82) is 0 Å². The maximum absolute atomic E-state index is 12.0. The monoisotopic (exact) mass is 270 g/mol. The number of hydrogen-bond acceptors (Lipinski definition) is 2. The smallest absolute Gasteiger partial charge is 0.248 e. The Morgan fingerprint density at radius 3 is 2.30 bits per heavy atom. The Hall–Kier alpha value is -2.36. The van der Waals surface area contributed by atoms with E-state index in [-0.39, 0.29) is 5.92 Å². The fraction of sp³-hybridized carbons (Fsp3) is 0.250. The molecule has 1 aliphatic carbocycles. The van der Waals surface area contributed by atoms with Crippen LogP contribution < -0.4 is 11.5 Å². The molecule has 0 heterocycles. The van der Waals surface area contributed by atoms with Crippen LogP contribution >= 0.6 is 0 Å². The molecule has 2 atom stereocenters. The van der Waals surface area contributed by atoms with E-state index >= 15 is 0 Å². The number of hydrogen-bond donors (Lipinski definition) is 2. The lowest BCUT2D eigenvalue weighted by molar-refractivity contribution is -0.126. The first-order valence-corrected chi connectivity index (χ1v) is 6.51. The summed E-state index contributed by atoms with van der Waals surface area (Å²) in [6.45, 7) is 1.97. The van der Waals surface area contributed by atoms with Crippen LogP contribution in [0.15, 0.2) is 54.1 Å². The summed E-state index contributed by atoms with van der Waals surface area (Å²) < 4.78 is 0. The molecule has 0 fully saturated rings. The largest absolute Gasteiger partial charge is 0.369 e. The van der Waals surface area contributed by atoms with Gasteiger partial charge in [0.2, 0.25) is 11.8 Å². The molecule has 0 saturated heterocycles. The summed E-state index contributed by atoms with van der Waals surface area (Å²) in [6, 6.07) is 9.72. The van der Waals surface area contributed by atoms with Gasteiger partial charge in [0, 0.05) is 5.57 Å². The van der Waals surface area contributed by atoms with Crippen LogP contribution in [0.5, 0.6) is 0 Å². The van der Waals surface area contributed by atoms with Crippen LogP contribution in [0.1, 0.15) is 24.8 Å². The third-order valence-corrected chi connectivity index (χ3v) is 4.04. The Morgan fingerprint density at radius 1 is 1.20 bits per heavy atom. The lowest BCUT2D eigenvalue weighted by Crippen LogP contribution is -2.40. The summed E-state index contributed by atoms with van der Waals surface area (Å²) in [6.07, 6.45) is 5.38. The van der Waals surface area contributed by atoms with Crippen LogP contribution in [0.4, 0.5) is 0 Å². The van der Waals surface area contributed by atoms with Gasteiger partial charge in [-0.2, -0.15) is 0 Å². The number of allylic oxidation sites excluding steroid dienone is 1. The van der Waals surface area contributed by atoms with Crippen molar-refractivity contribution in [2.45, 2.75) is 19.3 Å². The van der Waals surface area contributed by atoms with Gasteiger partial charge < -0.3 is 11.5 Å². The van der Waals surface area contributed by atoms with Gasteiger partial charge in [0.15, 0.2) is 0 Å². The van der Waals surface area contributed by atoms with Crippen molar-refractivity contribution in [2.75, 3.05) is 0 Å². The summed E-state index contributed by atoms with van der Waals surface area (Å²) in [5, 5.41) is 0. The molecule has 4 nitrogen and oxygen atoms in total. The number of carbonyl (C=O) groups is 2. The molecule has 1 aromatic rings. The topological polar surface area (TPSA) is 86.2 Å². The summed E-state index contributed by atoms with van der Waals surface area (Å²) in [4.78, 5) is 23.2. The minimum absolute atomic E-state index is 0.0804. The molecule has 2 rings (SSSR count). The number of rotatable bonds is 4. The van der Waals surface area contributed by atoms with Gasteiger partial charge >= 0.3 is 0 Å². The van der Waals surface area contributed by atoms with Crippen LogP contribution in [0.25, 0.3) is 0 Å². The molecule has 0 radical (unpaired) electrons. The van der Waals surface area contributed by atoms with Gasteiger partial charge in [-0.1, -0.05) is 55.5 Å². The van der Waals surface area contributed by atoms with Crippen molar-refractivity contribution in [1.82, 2.24) is 0 Å². The zero-order valence-corrected chi connectivity index (χ0v) is 11.4. The summed E-state index contributed by atoms with van der Waals surface area (Å²) in [5.41, 5.74) is 11.5. The van der Waals surface area contributed by atoms with Crippen LogP contribution in [0, 0.1) is 5.41 Å². The molecule has 0 bridgehead atoms. The quantitative estimate of drug-likeness (QED) is 0.871. The van der Waals surface area contributed by atoms with E-state index in [4.69, 9.17) is 11.5 Å². The fourth-order valence-electron chi connectivity index (χ4n) is 2.59. The molecule has 1 aliphatic rings. The van der Waals surface area contributed by atoms with Gasteiger partial charge in [0.05, 0.1) is 5.41 Å². The second-order valence-electron chi connectivity index (χ2n) is 5.10. The van der Waals surface area contributed by atoms with Crippen molar-refractivity contribution in [3.8, 4) is 0 Å². The lowest BCUT2D eigenvalue weighted by Gasteiger charge is -2.35. The van der Waals surface area contributed by atoms with E-state index in [1.807, 2.05) is 37.3 Å². The second kappa shape index (κ2) is 5.33. The minimum Gasteiger partial charge on any atom is -0.369 e. The Kier molecular flexibility index (Phi) is 3.74. The average Bonchev–Trinajstić information content (AvgIpc) is 2.47. The number of benzene rings is 1. The molecule has 2 unspecified atom stereocenters. The van der Waals surface area contributed by atoms with Gasteiger partial charge in [0.25, 0.3) is 0 Å². The predicted octanol–water partition coefficient (Wildman–Crippen LogP) is 1.63. The SMILES string of the molecule is CC(c1ccccc1)C1(C(N)=O)C=CC(C(N)=O)=CC1. The number of amides is 2. The first kappa shape index (κ1) is 14.1. The molecule has 0 aliphatic heterocycles. The number of primary amides is 2. The van der Waals surface area contributed by atoms with E-state index in [0.717, 1.165) is 5.56 Å². The summed E-state index contributed by atoms with van der Waals surface area (Å²) in [5.74, 6) is -0.973. The highest BCUT2D eigenvalue weighted by Crippen LogP contribution is 2.42. The molecule has 4 heteroatoms. The zero-order valence-electron chi connectivity index (χ0n) is 11.4. The molecule has 2 amide bonds. The Bertz CT molecular complexity index is 590. The minimum atomic E-state index is -0.819. The molecule has 0 aromatic heterocycles. The van der Waals surface area contributed by atoms with Crippen LogP contribution in [-0.2, 0) is 9.59 Å². The maximum atomic E-state index is 12.0. The van der Waals surface area contributed by atoms with E-state index in [2.05, 4.69) is 0 Å². The van der Waals surface area contributed by atoms with E-state index in [0.29, 0.717) is 12.0 Å². The third kappa shape index (κ3) is 2.37. The van der Waals surface area contributed by atoms with Crippen molar-refractivity contribution in [2.24, 2.45) is 16.9 Å². The normalized spacial score (nSPS) is 22.9. The highest BCUT2D eigenvalue weighted by Gasteiger charge is 2.41. The highest BCUT2D eigenvalue weighted by molar-refractivity contribution is 5.96. The molecule has 4 N–H and O–H groups in total. The predicted molar refractivity (Wildman–Crippen MR) is 77.5 cm³/mol. The van der Waals surface area contributed by atoms with E-state index in [1.54, 1.807) is 18.2 Å². The first-order valence-electron chi connectivity index (χ1n) is 6.51. The molecule has 1 aromatic carbocycles. The fourth-order valence-corrected chi connectivity index (χ4v) is 2.59. The van der Waals surface area contributed by atoms with Crippen molar-refractivity contribution < 1.29 is 9.59 Å². The standard InChI is InChI=1S/C16H18N2O2/c1-11(12-5-3-2-4-6-12)16(15(18)20)9-7-13(8-10-16)14(17)19/h2-9,11H,10H2,1H3,(H2,17,19)(H2,18,20). The van der Waals surface area contributed by atoms with Gasteiger partial charge in [-0.25, -0.2) is 0 Å². The summed E-state index contributed by atoms with van der Waals surface area (Å²) in [7, 11) is 0. The van der Waals surface area contributed by atoms with E-state index < -0.39 is 17.2 Å². The van der Waals surface area contributed by atoms with Crippen LogP contribution in [0.2, 0.25) is 0 Å². The number of nitrogens with two attached hydrogens (primary N) is 2. The maximum Gasteiger partial charge on any atom is 0.248 e. The zero-order chi connectivity index (χ0) is 14.8. The summed E-state index contributed by atoms with van der Waals surface area (Å²) >= 11 is 0. The van der Waals surface area contributed by atoms with E-state index in [1.165, 1.54) is 0 Å². The van der Waals surface area contributed by atoms with Crippen molar-refractivity contribution >= 4 is 11.8 Å². The molecule has 0 spiro atoms. The van der Waals surface area contributed by atoms with Crippen LogP contribution in [-0.4, -0.2) is 11.8 Å². The number of carbonyl (C=O) groups excluding carboxylic acids is 2. The Balaban J connectivity index is 2.37.